The minimum Gasteiger partial charge on any atom is -0.348 e. The van der Waals surface area contributed by atoms with Crippen LogP contribution in [0.15, 0.2) is 48.5 Å². The highest BCUT2D eigenvalue weighted by Gasteiger charge is 2.34. The van der Waals surface area contributed by atoms with Crippen molar-refractivity contribution in [2.24, 2.45) is 11.8 Å². The number of carbonyl (C=O) groups excluding carboxylic acids is 2. The smallest absolute Gasteiger partial charge is 0.251 e. The zero-order valence-corrected chi connectivity index (χ0v) is 17.2. The van der Waals surface area contributed by atoms with Gasteiger partial charge in [-0.15, -0.1) is 0 Å². The van der Waals surface area contributed by atoms with E-state index in [-0.39, 0.29) is 5.91 Å². The zero-order valence-electron chi connectivity index (χ0n) is 17.2. The van der Waals surface area contributed by atoms with E-state index in [1.807, 2.05) is 30.3 Å². The Balaban J connectivity index is 1.25. The number of hydrogen-bond acceptors (Lipinski definition) is 2. The number of carbonyl (C=O) groups is 2. The van der Waals surface area contributed by atoms with Crippen LogP contribution >= 0.6 is 0 Å². The Morgan fingerprint density at radius 1 is 0.966 bits per heavy atom. The maximum Gasteiger partial charge on any atom is 0.251 e. The molecule has 1 aliphatic heterocycles. The van der Waals surface area contributed by atoms with Gasteiger partial charge < -0.3 is 10.2 Å². The maximum absolute atomic E-state index is 12.4. The number of nitrogens with one attached hydrogen (secondary N) is 1. The summed E-state index contributed by atoms with van der Waals surface area (Å²) in [7, 11) is 0. The van der Waals surface area contributed by atoms with E-state index in [0.29, 0.717) is 29.9 Å². The van der Waals surface area contributed by atoms with Crippen molar-refractivity contribution in [1.29, 1.82) is 0 Å². The first-order valence-electron chi connectivity index (χ1n) is 10.8. The summed E-state index contributed by atoms with van der Waals surface area (Å²) in [5.74, 6) is 1.30. The summed E-state index contributed by atoms with van der Waals surface area (Å²) < 4.78 is 0. The van der Waals surface area contributed by atoms with E-state index in [2.05, 4.69) is 35.3 Å². The predicted octanol–water partition coefficient (Wildman–Crippen LogP) is 4.12. The molecule has 0 atom stereocenters. The zero-order chi connectivity index (χ0) is 20.2. The maximum atomic E-state index is 12.4. The molecule has 29 heavy (non-hydrogen) atoms. The van der Waals surface area contributed by atoms with E-state index in [4.69, 9.17) is 0 Å². The number of nitrogens with zero attached hydrogens (tertiary/aromatic N) is 1. The average molecular weight is 391 g/mol. The van der Waals surface area contributed by atoms with E-state index in [1.54, 1.807) is 0 Å². The Labute approximate surface area is 173 Å². The van der Waals surface area contributed by atoms with E-state index < -0.39 is 0 Å². The first-order valence-corrected chi connectivity index (χ1v) is 10.8. The van der Waals surface area contributed by atoms with Gasteiger partial charge in [0, 0.05) is 31.1 Å². The summed E-state index contributed by atoms with van der Waals surface area (Å²) in [6.07, 6.45) is 5.36. The summed E-state index contributed by atoms with van der Waals surface area (Å²) >= 11 is 0. The van der Waals surface area contributed by atoms with Gasteiger partial charge in [0.2, 0.25) is 5.91 Å². The summed E-state index contributed by atoms with van der Waals surface area (Å²) in [5.41, 5.74) is 4.30. The fourth-order valence-corrected chi connectivity index (χ4v) is 4.16. The third-order valence-corrected chi connectivity index (χ3v) is 6.29. The third-order valence-electron chi connectivity index (χ3n) is 6.29. The van der Waals surface area contributed by atoms with E-state index in [9.17, 15) is 9.59 Å². The van der Waals surface area contributed by atoms with Crippen molar-refractivity contribution >= 4 is 11.8 Å². The van der Waals surface area contributed by atoms with Gasteiger partial charge in [-0.3, -0.25) is 9.59 Å². The Bertz CT molecular complexity index is 863. The van der Waals surface area contributed by atoms with Crippen LogP contribution in [0.5, 0.6) is 0 Å². The lowest BCUT2D eigenvalue weighted by atomic mass is 9.89. The van der Waals surface area contributed by atoms with Gasteiger partial charge in [0.25, 0.3) is 5.91 Å². The van der Waals surface area contributed by atoms with Gasteiger partial charge in [-0.05, 0) is 73.8 Å². The summed E-state index contributed by atoms with van der Waals surface area (Å²) in [5, 5.41) is 3.01. The number of benzene rings is 2. The SMILES string of the molecule is Cc1ccccc1CNC(=O)c1ccc(CC2CCN(C(=O)C3CC3)CC2)cc1. The quantitative estimate of drug-likeness (QED) is 0.807. The first kappa shape index (κ1) is 19.7. The van der Waals surface area contributed by atoms with Crippen LogP contribution in [0.3, 0.4) is 0 Å². The predicted molar refractivity (Wildman–Crippen MR) is 115 cm³/mol. The highest BCUT2D eigenvalue weighted by Crippen LogP contribution is 2.32. The molecular weight excluding hydrogens is 360 g/mol. The highest BCUT2D eigenvalue weighted by atomic mass is 16.2. The van der Waals surface area contributed by atoms with Gasteiger partial charge in [0.05, 0.1) is 0 Å². The lowest BCUT2D eigenvalue weighted by Crippen LogP contribution is -2.39. The molecule has 1 N–H and O–H groups in total. The molecule has 2 amide bonds. The number of amides is 2. The fourth-order valence-electron chi connectivity index (χ4n) is 4.16. The summed E-state index contributed by atoms with van der Waals surface area (Å²) in [6, 6.07) is 16.1. The summed E-state index contributed by atoms with van der Waals surface area (Å²) in [4.78, 5) is 26.7. The van der Waals surface area contributed by atoms with Crippen LogP contribution in [0.2, 0.25) is 0 Å². The van der Waals surface area contributed by atoms with E-state index >= 15 is 0 Å². The molecule has 4 nitrogen and oxygen atoms in total. The minimum atomic E-state index is -0.0355. The molecule has 2 aliphatic rings. The molecule has 0 spiro atoms. The van der Waals surface area contributed by atoms with Crippen molar-refractivity contribution < 1.29 is 9.59 Å². The fraction of sp³-hybridized carbons (Fsp3) is 0.440. The van der Waals surface area contributed by atoms with Gasteiger partial charge in [0.15, 0.2) is 0 Å². The van der Waals surface area contributed by atoms with Crippen LogP contribution < -0.4 is 5.32 Å². The van der Waals surface area contributed by atoms with Crippen LogP contribution in [0.4, 0.5) is 0 Å². The van der Waals surface area contributed by atoms with Crippen LogP contribution in [-0.2, 0) is 17.8 Å². The van der Waals surface area contributed by atoms with Crippen molar-refractivity contribution in [2.45, 2.75) is 45.6 Å². The third kappa shape index (κ3) is 5.06. The van der Waals surface area contributed by atoms with Crippen LogP contribution in [0.25, 0.3) is 0 Å². The van der Waals surface area contributed by atoms with Crippen molar-refractivity contribution in [2.75, 3.05) is 13.1 Å². The van der Waals surface area contributed by atoms with Crippen LogP contribution in [0, 0.1) is 18.8 Å². The van der Waals surface area contributed by atoms with E-state index in [1.165, 1.54) is 11.1 Å². The number of piperidine rings is 1. The minimum absolute atomic E-state index is 0.0355. The lowest BCUT2D eigenvalue weighted by molar-refractivity contribution is -0.133. The Morgan fingerprint density at radius 3 is 2.31 bits per heavy atom. The second kappa shape index (κ2) is 8.81. The molecular formula is C25H30N2O2. The molecule has 4 rings (SSSR count). The van der Waals surface area contributed by atoms with Gasteiger partial charge in [-0.1, -0.05) is 36.4 Å². The van der Waals surface area contributed by atoms with Crippen LogP contribution in [0.1, 0.15) is 52.7 Å². The van der Waals surface area contributed by atoms with Crippen molar-refractivity contribution in [3.63, 3.8) is 0 Å². The Hall–Kier alpha value is -2.62. The molecule has 0 unspecified atom stereocenters. The number of rotatable bonds is 6. The molecule has 2 aromatic rings. The van der Waals surface area contributed by atoms with Gasteiger partial charge in [-0.25, -0.2) is 0 Å². The van der Waals surface area contributed by atoms with Gasteiger partial charge in [-0.2, -0.15) is 0 Å². The van der Waals surface area contributed by atoms with Gasteiger partial charge in [0.1, 0.15) is 0 Å². The molecule has 1 saturated carbocycles. The molecule has 1 saturated heterocycles. The first-order chi connectivity index (χ1) is 14.1. The van der Waals surface area contributed by atoms with Crippen molar-refractivity contribution in [3.05, 3.63) is 70.8 Å². The number of likely N-dealkylation sites (tertiary alicyclic amines) is 1. The Morgan fingerprint density at radius 2 is 1.66 bits per heavy atom. The second-order valence-electron chi connectivity index (χ2n) is 8.55. The molecule has 0 aromatic heterocycles. The van der Waals surface area contributed by atoms with Crippen LogP contribution in [-0.4, -0.2) is 29.8 Å². The average Bonchev–Trinajstić information content (AvgIpc) is 3.59. The standard InChI is InChI=1S/C25H30N2O2/c1-18-4-2-3-5-23(18)17-26-24(28)21-8-6-19(7-9-21)16-20-12-14-27(15-13-20)25(29)22-10-11-22/h2-9,20,22H,10-17H2,1H3,(H,26,28). The number of aryl methyl sites for hydroxylation is 1. The molecule has 0 bridgehead atoms. The molecule has 2 aromatic carbocycles. The molecule has 4 heteroatoms. The van der Waals surface area contributed by atoms with Crippen molar-refractivity contribution in [3.8, 4) is 0 Å². The molecule has 1 aliphatic carbocycles. The molecule has 152 valence electrons. The monoisotopic (exact) mass is 390 g/mol. The number of hydrogen-bond donors (Lipinski definition) is 1. The second-order valence-corrected chi connectivity index (χ2v) is 8.55. The highest BCUT2D eigenvalue weighted by molar-refractivity contribution is 5.94. The van der Waals surface area contributed by atoms with E-state index in [0.717, 1.165) is 50.8 Å². The molecule has 2 fully saturated rings. The molecule has 1 heterocycles. The molecule has 0 radical (unpaired) electrons. The normalized spacial score (nSPS) is 17.2. The van der Waals surface area contributed by atoms with Gasteiger partial charge >= 0.3 is 0 Å². The Kier molecular flexibility index (Phi) is 5.98. The largest absolute Gasteiger partial charge is 0.348 e. The summed E-state index contributed by atoms with van der Waals surface area (Å²) in [6.45, 7) is 4.41. The topological polar surface area (TPSA) is 49.4 Å². The van der Waals surface area contributed by atoms with Crippen molar-refractivity contribution in [1.82, 2.24) is 10.2 Å². The lowest BCUT2D eigenvalue weighted by Gasteiger charge is -2.32.